The molecule has 0 spiro atoms. The van der Waals surface area contributed by atoms with Crippen LogP contribution in [0.1, 0.15) is 12.0 Å². The lowest BCUT2D eigenvalue weighted by molar-refractivity contribution is -0.116. The normalized spacial score (nSPS) is 10.2. The van der Waals surface area contributed by atoms with Gasteiger partial charge in [-0.3, -0.25) is 4.79 Å². The topological polar surface area (TPSA) is 38.3 Å². The van der Waals surface area contributed by atoms with E-state index in [2.05, 4.69) is 5.32 Å². The van der Waals surface area contributed by atoms with E-state index in [9.17, 15) is 4.79 Å². The van der Waals surface area contributed by atoms with Crippen LogP contribution in [0.5, 0.6) is 5.75 Å². The van der Waals surface area contributed by atoms with Crippen LogP contribution >= 0.6 is 23.2 Å². The number of halogens is 2. The largest absolute Gasteiger partial charge is 0.497 e. The maximum Gasteiger partial charge on any atom is 0.224 e. The predicted octanol–water partition coefficient (Wildman–Crippen LogP) is 4.57. The first-order valence-corrected chi connectivity index (χ1v) is 7.22. The summed E-state index contributed by atoms with van der Waals surface area (Å²) in [5, 5.41) is 3.77. The van der Waals surface area contributed by atoms with E-state index in [-0.39, 0.29) is 5.91 Å². The van der Waals surface area contributed by atoms with Crippen LogP contribution in [-0.2, 0) is 11.2 Å². The molecule has 21 heavy (non-hydrogen) atoms. The molecule has 0 fully saturated rings. The van der Waals surface area contributed by atoms with Crippen molar-refractivity contribution in [1.82, 2.24) is 0 Å². The van der Waals surface area contributed by atoms with Crippen molar-refractivity contribution in [3.8, 4) is 5.75 Å². The second-order valence-electron chi connectivity index (χ2n) is 4.52. The summed E-state index contributed by atoms with van der Waals surface area (Å²) in [6.07, 6.45) is 1.02. The van der Waals surface area contributed by atoms with E-state index in [0.717, 1.165) is 11.3 Å². The summed E-state index contributed by atoms with van der Waals surface area (Å²) < 4.78 is 5.09. The minimum absolute atomic E-state index is 0.102. The molecular weight excluding hydrogens is 309 g/mol. The summed E-state index contributed by atoms with van der Waals surface area (Å²) in [7, 11) is 1.62. The molecule has 0 aliphatic rings. The molecular formula is C16H15Cl2NO2. The third-order valence-corrected chi connectivity index (χ3v) is 3.57. The number of carbonyl (C=O) groups is 1. The molecule has 110 valence electrons. The first-order valence-electron chi connectivity index (χ1n) is 6.46. The standard InChI is InChI=1S/C16H15Cl2NO2/c1-21-13-6-2-11(3-7-13)4-9-16(20)19-15-10-12(17)5-8-14(15)18/h2-3,5-8,10H,4,9H2,1H3,(H,19,20). The number of methoxy groups -OCH3 is 1. The molecule has 0 saturated carbocycles. The number of anilines is 1. The number of nitrogens with one attached hydrogen (secondary N) is 1. The lowest BCUT2D eigenvalue weighted by atomic mass is 10.1. The van der Waals surface area contributed by atoms with E-state index >= 15 is 0 Å². The number of hydrogen-bond donors (Lipinski definition) is 1. The second kappa shape index (κ2) is 7.34. The van der Waals surface area contributed by atoms with Gasteiger partial charge in [0.1, 0.15) is 5.75 Å². The van der Waals surface area contributed by atoms with E-state index in [1.165, 1.54) is 0 Å². The van der Waals surface area contributed by atoms with Crippen molar-refractivity contribution in [3.63, 3.8) is 0 Å². The molecule has 0 aliphatic carbocycles. The third-order valence-electron chi connectivity index (χ3n) is 3.00. The summed E-state index contributed by atoms with van der Waals surface area (Å²) in [6.45, 7) is 0. The molecule has 1 amide bonds. The summed E-state index contributed by atoms with van der Waals surface area (Å²) in [6, 6.07) is 12.6. The monoisotopic (exact) mass is 323 g/mol. The number of benzene rings is 2. The fourth-order valence-corrected chi connectivity index (χ4v) is 2.19. The van der Waals surface area contributed by atoms with Gasteiger partial charge in [-0.15, -0.1) is 0 Å². The summed E-state index contributed by atoms with van der Waals surface area (Å²) in [5.74, 6) is 0.698. The average Bonchev–Trinajstić information content (AvgIpc) is 2.49. The molecule has 0 unspecified atom stereocenters. The lowest BCUT2D eigenvalue weighted by Crippen LogP contribution is -2.12. The van der Waals surface area contributed by atoms with Gasteiger partial charge in [0.2, 0.25) is 5.91 Å². The SMILES string of the molecule is COc1ccc(CCC(=O)Nc2cc(Cl)ccc2Cl)cc1. The van der Waals surface area contributed by atoms with Crippen LogP contribution in [0.4, 0.5) is 5.69 Å². The molecule has 5 heteroatoms. The van der Waals surface area contributed by atoms with Gasteiger partial charge in [0, 0.05) is 11.4 Å². The first-order chi connectivity index (χ1) is 10.1. The molecule has 0 atom stereocenters. The van der Waals surface area contributed by atoms with Gasteiger partial charge < -0.3 is 10.1 Å². The highest BCUT2D eigenvalue weighted by atomic mass is 35.5. The fourth-order valence-electron chi connectivity index (χ4n) is 1.86. The number of rotatable bonds is 5. The van der Waals surface area contributed by atoms with Crippen molar-refractivity contribution in [3.05, 3.63) is 58.1 Å². The molecule has 0 aliphatic heterocycles. The maximum absolute atomic E-state index is 11.9. The second-order valence-corrected chi connectivity index (χ2v) is 5.36. The first kappa shape index (κ1) is 15.7. The van der Waals surface area contributed by atoms with E-state index < -0.39 is 0 Å². The van der Waals surface area contributed by atoms with Gasteiger partial charge in [-0.05, 0) is 42.3 Å². The van der Waals surface area contributed by atoms with Gasteiger partial charge in [-0.2, -0.15) is 0 Å². The minimum atomic E-state index is -0.102. The highest BCUT2D eigenvalue weighted by Gasteiger charge is 2.07. The zero-order valence-corrected chi connectivity index (χ0v) is 13.0. The van der Waals surface area contributed by atoms with Crippen LogP contribution in [0.25, 0.3) is 0 Å². The quantitative estimate of drug-likeness (QED) is 0.875. The van der Waals surface area contributed by atoms with Gasteiger partial charge in [-0.25, -0.2) is 0 Å². The molecule has 2 aromatic carbocycles. The van der Waals surface area contributed by atoms with E-state index in [1.54, 1.807) is 25.3 Å². The van der Waals surface area contributed by atoms with Gasteiger partial charge in [0.25, 0.3) is 0 Å². The molecule has 2 rings (SSSR count). The Labute approximate surface area is 133 Å². The maximum atomic E-state index is 11.9. The Balaban J connectivity index is 1.91. The summed E-state index contributed by atoms with van der Waals surface area (Å²) >= 11 is 11.9. The Bertz CT molecular complexity index is 627. The van der Waals surface area contributed by atoms with E-state index in [0.29, 0.717) is 28.6 Å². The zero-order chi connectivity index (χ0) is 15.2. The highest BCUT2D eigenvalue weighted by molar-refractivity contribution is 6.35. The molecule has 0 bridgehead atoms. The van der Waals surface area contributed by atoms with Crippen molar-refractivity contribution >= 4 is 34.8 Å². The lowest BCUT2D eigenvalue weighted by Gasteiger charge is -2.08. The van der Waals surface area contributed by atoms with E-state index in [1.807, 2.05) is 24.3 Å². The van der Waals surface area contributed by atoms with Gasteiger partial charge in [-0.1, -0.05) is 35.3 Å². The Kier molecular flexibility index (Phi) is 5.48. The highest BCUT2D eigenvalue weighted by Crippen LogP contribution is 2.25. The van der Waals surface area contributed by atoms with Crippen LogP contribution in [0.15, 0.2) is 42.5 Å². The number of hydrogen-bond acceptors (Lipinski definition) is 2. The van der Waals surface area contributed by atoms with Crippen molar-refractivity contribution in [2.75, 3.05) is 12.4 Å². The minimum Gasteiger partial charge on any atom is -0.497 e. The Morgan fingerprint density at radius 1 is 1.14 bits per heavy atom. The molecule has 2 aromatic rings. The Hall–Kier alpha value is -1.71. The number of amides is 1. The molecule has 0 saturated heterocycles. The van der Waals surface area contributed by atoms with Gasteiger partial charge in [0.15, 0.2) is 0 Å². The predicted molar refractivity (Wildman–Crippen MR) is 86.4 cm³/mol. The van der Waals surface area contributed by atoms with E-state index in [4.69, 9.17) is 27.9 Å². The Morgan fingerprint density at radius 2 is 1.86 bits per heavy atom. The smallest absolute Gasteiger partial charge is 0.224 e. The van der Waals surface area contributed by atoms with Crippen LogP contribution in [0.3, 0.4) is 0 Å². The number of carbonyl (C=O) groups excluding carboxylic acids is 1. The van der Waals surface area contributed by atoms with Crippen LogP contribution in [-0.4, -0.2) is 13.0 Å². The third kappa shape index (κ3) is 4.66. The van der Waals surface area contributed by atoms with Crippen molar-refractivity contribution < 1.29 is 9.53 Å². The average molecular weight is 324 g/mol. The van der Waals surface area contributed by atoms with Crippen molar-refractivity contribution in [2.24, 2.45) is 0 Å². The molecule has 3 nitrogen and oxygen atoms in total. The number of aryl methyl sites for hydroxylation is 1. The molecule has 1 N–H and O–H groups in total. The molecule has 0 heterocycles. The van der Waals surface area contributed by atoms with Crippen LogP contribution < -0.4 is 10.1 Å². The zero-order valence-electron chi connectivity index (χ0n) is 11.5. The van der Waals surface area contributed by atoms with Crippen LogP contribution in [0.2, 0.25) is 10.0 Å². The van der Waals surface area contributed by atoms with Gasteiger partial charge in [0.05, 0.1) is 17.8 Å². The van der Waals surface area contributed by atoms with Gasteiger partial charge >= 0.3 is 0 Å². The molecule has 0 aromatic heterocycles. The van der Waals surface area contributed by atoms with Crippen molar-refractivity contribution in [1.29, 1.82) is 0 Å². The van der Waals surface area contributed by atoms with Crippen molar-refractivity contribution in [2.45, 2.75) is 12.8 Å². The fraction of sp³-hybridized carbons (Fsp3) is 0.188. The van der Waals surface area contributed by atoms with Crippen LogP contribution in [0, 0.1) is 0 Å². The Morgan fingerprint density at radius 3 is 2.52 bits per heavy atom. The number of ether oxygens (including phenoxy) is 1. The summed E-state index contributed by atoms with van der Waals surface area (Å²) in [5.41, 5.74) is 1.60. The summed E-state index contributed by atoms with van der Waals surface area (Å²) in [4.78, 5) is 11.9. The molecule has 0 radical (unpaired) electrons.